The van der Waals surface area contributed by atoms with Crippen LogP contribution in [0.25, 0.3) is 99.1 Å². The molecule has 0 spiro atoms. The molecule has 0 atom stereocenters. The van der Waals surface area contributed by atoms with Gasteiger partial charge < -0.3 is 0 Å². The zero-order chi connectivity index (χ0) is 31.6. The molecule has 0 radical (unpaired) electrons. The lowest BCUT2D eigenvalue weighted by Gasteiger charge is -2.23. The number of fused-ring (bicyclic) bond motifs is 14. The summed E-state index contributed by atoms with van der Waals surface area (Å²) in [4.78, 5) is 0. The molecule has 0 saturated carbocycles. The predicted octanol–water partition coefficient (Wildman–Crippen LogP) is 13.5. The molecule has 0 N–H and O–H groups in total. The third kappa shape index (κ3) is 4.10. The summed E-state index contributed by atoms with van der Waals surface area (Å²) in [6.45, 7) is 0. The summed E-state index contributed by atoms with van der Waals surface area (Å²) < 4.78 is 0. The average molecular weight is 607 g/mol. The summed E-state index contributed by atoms with van der Waals surface area (Å²) in [7, 11) is 0. The van der Waals surface area contributed by atoms with E-state index in [9.17, 15) is 0 Å². The van der Waals surface area contributed by atoms with Crippen molar-refractivity contribution in [2.45, 2.75) is 0 Å². The van der Waals surface area contributed by atoms with Crippen molar-refractivity contribution in [3.63, 3.8) is 0 Å². The van der Waals surface area contributed by atoms with Crippen LogP contribution in [-0.4, -0.2) is 0 Å². The van der Waals surface area contributed by atoms with Crippen molar-refractivity contribution in [1.82, 2.24) is 0 Å². The second-order valence-corrected chi connectivity index (χ2v) is 12.8. The average Bonchev–Trinajstić information content (AvgIpc) is 3.17. The molecule has 0 unspecified atom stereocenters. The molecule has 0 amide bonds. The van der Waals surface area contributed by atoms with Crippen molar-refractivity contribution in [1.29, 1.82) is 0 Å². The minimum Gasteiger partial charge on any atom is -0.0616 e. The first-order valence-corrected chi connectivity index (χ1v) is 16.7. The van der Waals surface area contributed by atoms with Crippen LogP contribution in [0.3, 0.4) is 0 Å². The Morgan fingerprint density at radius 3 is 1.00 bits per heavy atom. The minimum absolute atomic E-state index is 1.21. The molecular weight excluding hydrogens is 577 g/mol. The summed E-state index contributed by atoms with van der Waals surface area (Å²) in [5.74, 6) is 0. The quantitative estimate of drug-likeness (QED) is 0.172. The van der Waals surface area contributed by atoms with Gasteiger partial charge in [-0.2, -0.15) is 0 Å². The van der Waals surface area contributed by atoms with Crippen molar-refractivity contribution < 1.29 is 0 Å². The summed E-state index contributed by atoms with van der Waals surface area (Å²) in [6, 6.07) is 67.2. The van der Waals surface area contributed by atoms with E-state index in [2.05, 4.69) is 182 Å². The van der Waals surface area contributed by atoms with Gasteiger partial charge in [-0.25, -0.2) is 0 Å². The van der Waals surface area contributed by atoms with E-state index in [0.717, 1.165) is 0 Å². The fourth-order valence-corrected chi connectivity index (χ4v) is 8.01. The van der Waals surface area contributed by atoms with Crippen molar-refractivity contribution in [3.8, 4) is 66.8 Å². The van der Waals surface area contributed by atoms with Crippen LogP contribution in [0.15, 0.2) is 182 Å². The van der Waals surface area contributed by atoms with Gasteiger partial charge in [0.25, 0.3) is 0 Å². The van der Waals surface area contributed by atoms with Crippen LogP contribution in [-0.2, 0) is 0 Å². The maximum Gasteiger partial charge on any atom is -0.00928 e. The van der Waals surface area contributed by atoms with E-state index >= 15 is 0 Å². The van der Waals surface area contributed by atoms with Crippen molar-refractivity contribution in [2.75, 3.05) is 0 Å². The van der Waals surface area contributed by atoms with Crippen LogP contribution >= 0.6 is 0 Å². The van der Waals surface area contributed by atoms with E-state index in [1.165, 1.54) is 99.1 Å². The topological polar surface area (TPSA) is 0 Å². The van der Waals surface area contributed by atoms with Gasteiger partial charge in [0.15, 0.2) is 0 Å². The Morgan fingerprint density at radius 2 is 0.500 bits per heavy atom. The van der Waals surface area contributed by atoms with Crippen molar-refractivity contribution in [2.24, 2.45) is 0 Å². The highest BCUT2D eigenvalue weighted by Crippen LogP contribution is 2.48. The first-order valence-electron chi connectivity index (χ1n) is 16.7. The van der Waals surface area contributed by atoms with E-state index in [-0.39, 0.29) is 0 Å². The molecule has 0 aliphatic heterocycles. The Labute approximate surface area is 280 Å². The lowest BCUT2D eigenvalue weighted by Crippen LogP contribution is -1.97. The molecule has 10 rings (SSSR count). The second-order valence-electron chi connectivity index (χ2n) is 12.8. The molecule has 0 saturated heterocycles. The molecular formula is C48H30. The zero-order valence-electron chi connectivity index (χ0n) is 26.3. The third-order valence-electron chi connectivity index (χ3n) is 10.2. The maximum atomic E-state index is 2.40. The van der Waals surface area contributed by atoms with Gasteiger partial charge in [0, 0.05) is 0 Å². The largest absolute Gasteiger partial charge is 0.0616 e. The first kappa shape index (κ1) is 26.9. The number of hydrogen-bond acceptors (Lipinski definition) is 0. The molecule has 9 aromatic rings. The monoisotopic (exact) mass is 606 g/mol. The Kier molecular flexibility index (Phi) is 5.98. The molecule has 222 valence electrons. The molecule has 0 fully saturated rings. The van der Waals surface area contributed by atoms with Crippen LogP contribution in [0.1, 0.15) is 0 Å². The summed E-state index contributed by atoms with van der Waals surface area (Å²) in [6.07, 6.45) is 0. The van der Waals surface area contributed by atoms with Gasteiger partial charge in [-0.3, -0.25) is 0 Å². The van der Waals surface area contributed by atoms with Crippen molar-refractivity contribution >= 4 is 32.3 Å². The van der Waals surface area contributed by atoms with Gasteiger partial charge in [0.05, 0.1) is 0 Å². The normalized spacial score (nSPS) is 11.8. The lowest BCUT2D eigenvalue weighted by molar-refractivity contribution is 1.51. The van der Waals surface area contributed by atoms with Gasteiger partial charge in [-0.05, 0) is 117 Å². The van der Waals surface area contributed by atoms with Gasteiger partial charge in [-0.1, -0.05) is 164 Å². The van der Waals surface area contributed by atoms with Crippen LogP contribution in [0.5, 0.6) is 0 Å². The van der Waals surface area contributed by atoms with Crippen LogP contribution in [0.4, 0.5) is 0 Å². The third-order valence-corrected chi connectivity index (χ3v) is 10.2. The van der Waals surface area contributed by atoms with Crippen LogP contribution in [0, 0.1) is 0 Å². The van der Waals surface area contributed by atoms with Gasteiger partial charge in [0.1, 0.15) is 0 Å². The van der Waals surface area contributed by atoms with Crippen LogP contribution in [0.2, 0.25) is 0 Å². The smallest absolute Gasteiger partial charge is 0.00928 e. The molecule has 48 heavy (non-hydrogen) atoms. The number of benzene rings is 9. The standard InChI is InChI=1S/C48H30/c1-2-15-36-35(14-1)37-16-3-5-20-41(37)45-26-24-33(29-47(45)43-22-9-7-18-39(36)43)31-12-11-13-32(28-31)34-25-27-46-42-21-6-4-17-38(42)40-19-8-10-23-44(40)48(46)30-34/h1-30H. The first-order chi connectivity index (χ1) is 23.8. The lowest BCUT2D eigenvalue weighted by atomic mass is 9.80. The second kappa shape index (κ2) is 10.7. The van der Waals surface area contributed by atoms with Crippen molar-refractivity contribution in [3.05, 3.63) is 182 Å². The highest BCUT2D eigenvalue weighted by atomic mass is 14.2. The zero-order valence-corrected chi connectivity index (χ0v) is 26.3. The molecule has 1 aliphatic carbocycles. The molecule has 1 aliphatic rings. The molecule has 0 heterocycles. The highest BCUT2D eigenvalue weighted by molar-refractivity contribution is 6.25. The Hall–Kier alpha value is -6.24. The number of hydrogen-bond donors (Lipinski definition) is 0. The van der Waals surface area contributed by atoms with Gasteiger partial charge in [0.2, 0.25) is 0 Å². The van der Waals surface area contributed by atoms with Crippen LogP contribution < -0.4 is 0 Å². The molecule has 0 heteroatoms. The van der Waals surface area contributed by atoms with E-state index in [1.54, 1.807) is 0 Å². The maximum absolute atomic E-state index is 2.40. The minimum atomic E-state index is 1.21. The van der Waals surface area contributed by atoms with E-state index in [0.29, 0.717) is 0 Å². The number of rotatable bonds is 2. The Morgan fingerprint density at radius 1 is 0.167 bits per heavy atom. The van der Waals surface area contributed by atoms with E-state index in [1.807, 2.05) is 0 Å². The molecule has 0 nitrogen and oxygen atoms in total. The fourth-order valence-electron chi connectivity index (χ4n) is 8.01. The van der Waals surface area contributed by atoms with Gasteiger partial charge in [-0.15, -0.1) is 0 Å². The molecule has 9 aromatic carbocycles. The summed E-state index contributed by atoms with van der Waals surface area (Å²) in [5, 5.41) is 7.80. The highest BCUT2D eigenvalue weighted by Gasteiger charge is 2.22. The van der Waals surface area contributed by atoms with E-state index < -0.39 is 0 Å². The molecule has 0 aromatic heterocycles. The van der Waals surface area contributed by atoms with E-state index in [4.69, 9.17) is 0 Å². The summed E-state index contributed by atoms with van der Waals surface area (Å²) >= 11 is 0. The Bertz CT molecular complexity index is 2690. The SMILES string of the molecule is c1cc(-c2ccc3c(c2)-c2ccccc2-c2ccccc2-c2ccccc2-3)cc(-c2ccc3c4ccccc4c4ccccc4c3c2)c1. The summed E-state index contributed by atoms with van der Waals surface area (Å²) in [5.41, 5.74) is 15.0. The fraction of sp³-hybridized carbons (Fsp3) is 0. The molecule has 0 bridgehead atoms. The Balaban J connectivity index is 1.15. The van der Waals surface area contributed by atoms with Gasteiger partial charge >= 0.3 is 0 Å². The predicted molar refractivity (Wildman–Crippen MR) is 205 cm³/mol.